The first kappa shape index (κ1) is 38.5. The van der Waals surface area contributed by atoms with Crippen LogP contribution in [0.2, 0.25) is 0 Å². The zero-order valence-electron chi connectivity index (χ0n) is 30.0. The predicted molar refractivity (Wildman–Crippen MR) is 228 cm³/mol. The maximum absolute atomic E-state index is 13.4. The van der Waals surface area contributed by atoms with E-state index in [1.54, 1.807) is 0 Å². The third kappa shape index (κ3) is 9.46. The molecule has 2 N–H and O–H groups in total. The molecule has 6 aromatic rings. The first-order chi connectivity index (χ1) is 26.2. The largest absolute Gasteiger partial charge is 0.354 e. The maximum Gasteiger partial charge on any atom is 0.233 e. The van der Waals surface area contributed by atoms with Crippen molar-refractivity contribution < 1.29 is 4.79 Å². The Labute approximate surface area is 329 Å². The van der Waals surface area contributed by atoms with Gasteiger partial charge in [0.15, 0.2) is 0 Å². The number of rotatable bonds is 19. The Morgan fingerprint density at radius 3 is 1.21 bits per heavy atom. The van der Waals surface area contributed by atoms with Gasteiger partial charge in [0, 0.05) is 30.0 Å². The lowest BCUT2D eigenvalue weighted by Crippen LogP contribution is -2.42. The number of amides is 1. The molecule has 0 aliphatic carbocycles. The van der Waals surface area contributed by atoms with Gasteiger partial charge in [-0.25, -0.2) is 0 Å². The Hall–Kier alpha value is -4.26. The van der Waals surface area contributed by atoms with Crippen molar-refractivity contribution in [3.63, 3.8) is 0 Å². The van der Waals surface area contributed by atoms with Crippen LogP contribution in [0.1, 0.15) is 46.2 Å². The van der Waals surface area contributed by atoms with Crippen LogP contribution >= 0.6 is 35.1 Å². The molecule has 1 atom stereocenters. The predicted octanol–water partition coefficient (Wildman–Crippen LogP) is 10.5. The number of benzene rings is 6. The maximum atomic E-state index is 13.4. The zero-order valence-corrected chi connectivity index (χ0v) is 32.3. The molecular formula is C47H47ClN2OS2. The van der Waals surface area contributed by atoms with E-state index in [0.29, 0.717) is 12.4 Å². The Bertz CT molecular complexity index is 1740. The number of nitrogens with one attached hydrogen (secondary N) is 2. The molecule has 0 saturated heterocycles. The van der Waals surface area contributed by atoms with Crippen molar-refractivity contribution in [2.45, 2.75) is 28.4 Å². The molecular weight excluding hydrogens is 708 g/mol. The number of hydrogen-bond donors (Lipinski definition) is 2. The molecule has 0 spiro atoms. The van der Waals surface area contributed by atoms with E-state index in [0.717, 1.165) is 24.3 Å². The van der Waals surface area contributed by atoms with Crippen molar-refractivity contribution in [2.75, 3.05) is 30.5 Å². The summed E-state index contributed by atoms with van der Waals surface area (Å²) in [5.74, 6) is 2.12. The summed E-state index contributed by atoms with van der Waals surface area (Å²) in [7, 11) is 0. The highest BCUT2D eigenvalue weighted by Crippen LogP contribution is 2.49. The molecule has 3 nitrogen and oxygen atoms in total. The fourth-order valence-corrected chi connectivity index (χ4v) is 10.2. The van der Waals surface area contributed by atoms with Gasteiger partial charge in [0.25, 0.3) is 0 Å². The number of alkyl halides is 1. The normalized spacial score (nSPS) is 12.2. The molecule has 6 aromatic carbocycles. The van der Waals surface area contributed by atoms with Crippen LogP contribution < -0.4 is 10.6 Å². The minimum Gasteiger partial charge on any atom is -0.354 e. The van der Waals surface area contributed by atoms with Crippen LogP contribution in [0.3, 0.4) is 0 Å². The molecule has 53 heavy (non-hydrogen) atoms. The summed E-state index contributed by atoms with van der Waals surface area (Å²) < 4.78 is -0.841. The smallest absolute Gasteiger partial charge is 0.233 e. The summed E-state index contributed by atoms with van der Waals surface area (Å²) in [6.45, 7) is 0.800. The number of halogens is 1. The van der Waals surface area contributed by atoms with E-state index in [1.165, 1.54) is 33.4 Å². The summed E-state index contributed by atoms with van der Waals surface area (Å²) in [6.07, 6.45) is 1.75. The van der Waals surface area contributed by atoms with E-state index in [9.17, 15) is 4.79 Å². The van der Waals surface area contributed by atoms with Crippen molar-refractivity contribution in [2.24, 2.45) is 0 Å². The van der Waals surface area contributed by atoms with Gasteiger partial charge in [-0.3, -0.25) is 4.79 Å². The summed E-state index contributed by atoms with van der Waals surface area (Å²) >= 11 is 10.00. The summed E-state index contributed by atoms with van der Waals surface area (Å²) in [6, 6.07) is 64.4. The molecule has 0 fully saturated rings. The van der Waals surface area contributed by atoms with Crippen molar-refractivity contribution >= 4 is 41.0 Å². The van der Waals surface area contributed by atoms with Crippen LogP contribution in [0.5, 0.6) is 0 Å². The standard InChI is InChI=1S/C47H47ClN2OS2/c48-33-19-32-44(37-53-47(41-26-13-4-14-27-41,42-28-15-5-16-29-42)43-30-17-6-18-31-43)50-36-45(51)49-34-35-52-46(38-20-7-1-8-21-38,39-22-9-2-10-23-39)40-24-11-3-12-25-40/h1-18,20-31,44,50H,19,32-37H2,(H,49,51). The van der Waals surface area contributed by atoms with Crippen LogP contribution in [0.4, 0.5) is 0 Å². The molecule has 0 aromatic heterocycles. The van der Waals surface area contributed by atoms with Gasteiger partial charge in [0.2, 0.25) is 5.91 Å². The second kappa shape index (κ2) is 19.7. The fraction of sp³-hybridized carbons (Fsp3) is 0.213. The van der Waals surface area contributed by atoms with E-state index < -0.39 is 9.49 Å². The van der Waals surface area contributed by atoms with Crippen molar-refractivity contribution in [1.29, 1.82) is 0 Å². The average Bonchev–Trinajstić information content (AvgIpc) is 3.24. The molecule has 0 saturated carbocycles. The minimum atomic E-state index is -0.424. The first-order valence-electron chi connectivity index (χ1n) is 18.3. The number of hydrogen-bond acceptors (Lipinski definition) is 4. The number of carbonyl (C=O) groups excluding carboxylic acids is 1. The highest BCUT2D eigenvalue weighted by Gasteiger charge is 2.38. The minimum absolute atomic E-state index is 0.00310. The summed E-state index contributed by atoms with van der Waals surface area (Å²) in [5, 5.41) is 6.83. The first-order valence-corrected chi connectivity index (χ1v) is 20.8. The van der Waals surface area contributed by atoms with E-state index in [1.807, 2.05) is 23.5 Å². The number of thioether (sulfide) groups is 2. The molecule has 6 heteroatoms. The lowest BCUT2D eigenvalue weighted by molar-refractivity contribution is -0.120. The van der Waals surface area contributed by atoms with Gasteiger partial charge in [-0.05, 0) is 46.2 Å². The molecule has 1 amide bonds. The highest BCUT2D eigenvalue weighted by atomic mass is 35.5. The second-order valence-corrected chi connectivity index (χ2v) is 15.9. The van der Waals surface area contributed by atoms with Crippen LogP contribution in [-0.2, 0) is 14.3 Å². The van der Waals surface area contributed by atoms with Crippen LogP contribution in [-0.4, -0.2) is 42.4 Å². The quantitative estimate of drug-likeness (QED) is 0.0491. The van der Waals surface area contributed by atoms with E-state index in [-0.39, 0.29) is 18.5 Å². The lowest BCUT2D eigenvalue weighted by Gasteiger charge is -2.36. The Balaban J connectivity index is 1.15. The van der Waals surface area contributed by atoms with Gasteiger partial charge >= 0.3 is 0 Å². The van der Waals surface area contributed by atoms with Gasteiger partial charge in [-0.2, -0.15) is 0 Å². The third-order valence-electron chi connectivity index (χ3n) is 9.56. The monoisotopic (exact) mass is 754 g/mol. The van der Waals surface area contributed by atoms with Crippen LogP contribution in [0.15, 0.2) is 182 Å². The average molecular weight is 755 g/mol. The van der Waals surface area contributed by atoms with Crippen LogP contribution in [0, 0.1) is 0 Å². The Kier molecular flexibility index (Phi) is 14.3. The van der Waals surface area contributed by atoms with Gasteiger partial charge in [-0.1, -0.05) is 182 Å². The van der Waals surface area contributed by atoms with Gasteiger partial charge in [-0.15, -0.1) is 35.1 Å². The lowest BCUT2D eigenvalue weighted by atomic mass is 9.84. The van der Waals surface area contributed by atoms with Gasteiger partial charge < -0.3 is 10.6 Å². The van der Waals surface area contributed by atoms with Crippen molar-refractivity contribution in [3.8, 4) is 0 Å². The van der Waals surface area contributed by atoms with Gasteiger partial charge in [0.1, 0.15) is 0 Å². The third-order valence-corrected chi connectivity index (χ3v) is 13.1. The fourth-order valence-electron chi connectivity index (χ4n) is 7.02. The molecule has 270 valence electrons. The van der Waals surface area contributed by atoms with Crippen LogP contribution in [0.25, 0.3) is 0 Å². The molecule has 0 aliphatic rings. The Morgan fingerprint density at radius 1 is 0.528 bits per heavy atom. The van der Waals surface area contributed by atoms with E-state index in [4.69, 9.17) is 11.6 Å². The molecule has 0 bridgehead atoms. The zero-order chi connectivity index (χ0) is 36.6. The van der Waals surface area contributed by atoms with E-state index >= 15 is 0 Å². The molecule has 0 aliphatic heterocycles. The highest BCUT2D eigenvalue weighted by molar-refractivity contribution is 8.00. The molecule has 0 heterocycles. The SMILES string of the molecule is O=C(CNC(CCCCl)CSC(c1ccccc1)(c1ccccc1)c1ccccc1)NCCSC(c1ccccc1)(c1ccccc1)c1ccccc1. The molecule has 6 rings (SSSR count). The van der Waals surface area contributed by atoms with Crippen molar-refractivity contribution in [3.05, 3.63) is 215 Å². The van der Waals surface area contributed by atoms with Crippen molar-refractivity contribution in [1.82, 2.24) is 10.6 Å². The molecule has 0 radical (unpaired) electrons. The Morgan fingerprint density at radius 2 is 0.868 bits per heavy atom. The summed E-state index contributed by atoms with van der Waals surface area (Å²) in [5.41, 5.74) is 7.33. The second-order valence-electron chi connectivity index (χ2n) is 13.0. The molecule has 1 unspecified atom stereocenters. The summed E-state index contributed by atoms with van der Waals surface area (Å²) in [4.78, 5) is 13.4. The topological polar surface area (TPSA) is 41.1 Å². The number of carbonyl (C=O) groups is 1. The van der Waals surface area contributed by atoms with Gasteiger partial charge in [0.05, 0.1) is 16.0 Å². The van der Waals surface area contributed by atoms with E-state index in [2.05, 4.69) is 193 Å².